The monoisotopic (exact) mass is 297 g/mol. The van der Waals surface area contributed by atoms with Crippen molar-refractivity contribution in [1.82, 2.24) is 4.90 Å². The van der Waals surface area contributed by atoms with E-state index in [1.165, 1.54) is 17.0 Å². The molecule has 2 rings (SSSR count). The average molecular weight is 297 g/mol. The van der Waals surface area contributed by atoms with Crippen LogP contribution < -0.4 is 24.0 Å². The Hall–Kier alpha value is -1.03. The van der Waals surface area contributed by atoms with Crippen LogP contribution in [-0.4, -0.2) is 29.6 Å². The number of aliphatic carboxylic acids is 1. The Morgan fingerprint density at radius 2 is 2.05 bits per heavy atom. The molecule has 0 amide bonds. The van der Waals surface area contributed by atoms with E-state index in [0.29, 0.717) is 5.56 Å². The summed E-state index contributed by atoms with van der Waals surface area (Å²) in [6.07, 6.45) is -5.96. The van der Waals surface area contributed by atoms with E-state index in [1.54, 1.807) is 0 Å². The molecule has 1 aliphatic heterocycles. The van der Waals surface area contributed by atoms with E-state index in [1.807, 2.05) is 0 Å². The third-order valence-corrected chi connectivity index (χ3v) is 3.26. The van der Waals surface area contributed by atoms with E-state index in [0.717, 1.165) is 12.1 Å². The Kier molecular flexibility index (Phi) is 5.85. The molecule has 0 bridgehead atoms. The first-order chi connectivity index (χ1) is 9.27. The van der Waals surface area contributed by atoms with Gasteiger partial charge in [-0.3, -0.25) is 4.90 Å². The smallest absolute Gasteiger partial charge is 0.548 e. The van der Waals surface area contributed by atoms with Gasteiger partial charge in [0.05, 0.1) is 17.6 Å². The molecule has 1 fully saturated rings. The van der Waals surface area contributed by atoms with Gasteiger partial charge in [0.25, 0.3) is 0 Å². The Morgan fingerprint density at radius 3 is 2.62 bits per heavy atom. The minimum Gasteiger partial charge on any atom is -0.548 e. The Labute approximate surface area is 131 Å². The van der Waals surface area contributed by atoms with Crippen molar-refractivity contribution in [2.45, 2.75) is 31.4 Å². The molecule has 1 saturated heterocycles. The number of rotatable bonds is 3. The van der Waals surface area contributed by atoms with Crippen molar-refractivity contribution in [1.29, 1.82) is 0 Å². The van der Waals surface area contributed by atoms with Crippen molar-refractivity contribution in [3.05, 3.63) is 35.4 Å². The summed E-state index contributed by atoms with van der Waals surface area (Å²) in [6.45, 7) is -0.169. The van der Waals surface area contributed by atoms with Crippen LogP contribution in [0, 0.1) is 0 Å². The Bertz CT molecular complexity index is 509. The van der Waals surface area contributed by atoms with Crippen molar-refractivity contribution < 1.29 is 46.3 Å². The van der Waals surface area contributed by atoms with Crippen LogP contribution in [0.25, 0.3) is 0 Å². The number of likely N-dealkylation sites (tertiary alicyclic amines) is 1. The molecule has 1 aliphatic rings. The molecule has 0 unspecified atom stereocenters. The molecule has 0 spiro atoms. The molecular weight excluding hydrogens is 285 g/mol. The standard InChI is InChI=1S/C13H13F4NO2.Li/c14-10-5-11(12(19)20)18(7-10)6-8-2-1-3-9(4-8)13(15,16)17;/h1-4,10-11H,5-7H2,(H,19,20);/q;+1/p-1/t10-,11+;/m0./s1. The number of benzene rings is 1. The molecular formula is C13H12F4LiNO2. The molecule has 0 aromatic heterocycles. The molecule has 0 radical (unpaired) electrons. The van der Waals surface area contributed by atoms with Crippen LogP contribution in [0.4, 0.5) is 17.6 Å². The first-order valence-electron chi connectivity index (χ1n) is 6.02. The topological polar surface area (TPSA) is 43.4 Å². The fraction of sp³-hybridized carbons (Fsp3) is 0.462. The number of carboxylic acid groups (broad SMARTS) is 1. The van der Waals surface area contributed by atoms with Crippen LogP contribution >= 0.6 is 0 Å². The molecule has 0 N–H and O–H groups in total. The zero-order valence-electron chi connectivity index (χ0n) is 11.4. The second-order valence-electron chi connectivity index (χ2n) is 4.80. The second kappa shape index (κ2) is 6.82. The molecule has 21 heavy (non-hydrogen) atoms. The fourth-order valence-corrected chi connectivity index (χ4v) is 2.35. The van der Waals surface area contributed by atoms with Gasteiger partial charge in [-0.2, -0.15) is 13.2 Å². The summed E-state index contributed by atoms with van der Waals surface area (Å²) in [5, 5.41) is 10.9. The predicted molar refractivity (Wildman–Crippen MR) is 60.2 cm³/mol. The minimum absolute atomic E-state index is 0. The van der Waals surface area contributed by atoms with Gasteiger partial charge in [-0.1, -0.05) is 18.2 Å². The minimum atomic E-state index is -4.46. The average Bonchev–Trinajstić information content (AvgIpc) is 2.69. The van der Waals surface area contributed by atoms with Gasteiger partial charge in [0.1, 0.15) is 6.17 Å². The third-order valence-electron chi connectivity index (χ3n) is 3.26. The van der Waals surface area contributed by atoms with Crippen molar-refractivity contribution in [3.8, 4) is 0 Å². The van der Waals surface area contributed by atoms with Gasteiger partial charge in [-0.05, 0) is 11.6 Å². The molecule has 1 aromatic rings. The van der Waals surface area contributed by atoms with Gasteiger partial charge < -0.3 is 9.90 Å². The van der Waals surface area contributed by atoms with E-state index < -0.39 is 29.9 Å². The van der Waals surface area contributed by atoms with Crippen LogP contribution in [0.15, 0.2) is 24.3 Å². The summed E-state index contributed by atoms with van der Waals surface area (Å²) >= 11 is 0. The van der Waals surface area contributed by atoms with Crippen LogP contribution in [-0.2, 0) is 17.5 Å². The number of alkyl halides is 4. The molecule has 1 aromatic carbocycles. The number of hydrogen-bond acceptors (Lipinski definition) is 3. The summed E-state index contributed by atoms with van der Waals surface area (Å²) < 4.78 is 51.0. The van der Waals surface area contributed by atoms with Crippen LogP contribution in [0.2, 0.25) is 0 Å². The summed E-state index contributed by atoms with van der Waals surface area (Å²) in [5.41, 5.74) is -0.517. The first kappa shape index (κ1) is 18.0. The number of carboxylic acids is 1. The zero-order valence-corrected chi connectivity index (χ0v) is 11.4. The third kappa shape index (κ3) is 4.47. The maximum atomic E-state index is 13.2. The summed E-state index contributed by atoms with van der Waals surface area (Å²) in [7, 11) is 0. The zero-order chi connectivity index (χ0) is 14.9. The van der Waals surface area contributed by atoms with Gasteiger partial charge in [-0.25, -0.2) is 4.39 Å². The van der Waals surface area contributed by atoms with Gasteiger partial charge in [0.2, 0.25) is 0 Å². The summed E-state index contributed by atoms with van der Waals surface area (Å²) in [4.78, 5) is 12.2. The van der Waals surface area contributed by atoms with E-state index in [4.69, 9.17) is 0 Å². The normalized spacial score (nSPS) is 22.9. The molecule has 110 valence electrons. The van der Waals surface area contributed by atoms with E-state index >= 15 is 0 Å². The van der Waals surface area contributed by atoms with Crippen LogP contribution in [0.5, 0.6) is 0 Å². The number of hydrogen-bond donors (Lipinski definition) is 0. The van der Waals surface area contributed by atoms with E-state index in [9.17, 15) is 27.5 Å². The van der Waals surface area contributed by atoms with E-state index in [-0.39, 0.29) is 38.4 Å². The number of carbonyl (C=O) groups excluding carboxylic acids is 1. The van der Waals surface area contributed by atoms with Gasteiger partial charge in [0.15, 0.2) is 0 Å². The van der Waals surface area contributed by atoms with Gasteiger partial charge >= 0.3 is 25.0 Å². The SMILES string of the molecule is O=C([O-])[C@H]1C[C@H](F)CN1Cc1cccc(C(F)(F)F)c1.[Li+]. The van der Waals surface area contributed by atoms with E-state index in [2.05, 4.69) is 0 Å². The van der Waals surface area contributed by atoms with Crippen molar-refractivity contribution in [2.75, 3.05) is 6.54 Å². The quantitative estimate of drug-likeness (QED) is 0.497. The van der Waals surface area contributed by atoms with Crippen LogP contribution in [0.1, 0.15) is 17.5 Å². The summed E-state index contributed by atoms with van der Waals surface area (Å²) in [6, 6.07) is 3.47. The molecule has 3 nitrogen and oxygen atoms in total. The van der Waals surface area contributed by atoms with Crippen molar-refractivity contribution in [3.63, 3.8) is 0 Å². The predicted octanol–water partition coefficient (Wildman–Crippen LogP) is -1.63. The molecule has 8 heteroatoms. The maximum Gasteiger partial charge on any atom is 1.00 e. The van der Waals surface area contributed by atoms with Crippen molar-refractivity contribution in [2.24, 2.45) is 0 Å². The largest absolute Gasteiger partial charge is 1.00 e. The Morgan fingerprint density at radius 1 is 1.38 bits per heavy atom. The Balaban J connectivity index is 0.00000220. The fourth-order valence-electron chi connectivity index (χ4n) is 2.35. The van der Waals surface area contributed by atoms with Gasteiger partial charge in [-0.15, -0.1) is 0 Å². The van der Waals surface area contributed by atoms with Crippen LogP contribution in [0.3, 0.4) is 0 Å². The second-order valence-corrected chi connectivity index (χ2v) is 4.80. The van der Waals surface area contributed by atoms with Gasteiger partial charge in [0, 0.05) is 19.5 Å². The number of halogens is 4. The molecule has 0 saturated carbocycles. The number of carbonyl (C=O) groups is 1. The molecule has 2 atom stereocenters. The number of nitrogens with zero attached hydrogens (tertiary/aromatic N) is 1. The first-order valence-corrected chi connectivity index (χ1v) is 6.02. The summed E-state index contributed by atoms with van der Waals surface area (Å²) in [5.74, 6) is -1.41. The van der Waals surface area contributed by atoms with Crippen molar-refractivity contribution >= 4 is 5.97 Å². The molecule has 1 heterocycles. The maximum absolute atomic E-state index is 13.2. The molecule has 0 aliphatic carbocycles.